The van der Waals surface area contributed by atoms with Gasteiger partial charge in [0.2, 0.25) is 5.91 Å². The van der Waals surface area contributed by atoms with Crippen molar-refractivity contribution in [3.63, 3.8) is 0 Å². The Bertz CT molecular complexity index is 513. The monoisotopic (exact) mass is 284 g/mol. The van der Waals surface area contributed by atoms with Crippen molar-refractivity contribution in [2.75, 3.05) is 11.1 Å². The third-order valence-corrected chi connectivity index (χ3v) is 3.88. The Morgan fingerprint density at radius 2 is 1.90 bits per heavy atom. The van der Waals surface area contributed by atoms with E-state index in [0.29, 0.717) is 6.07 Å². The molecule has 1 aliphatic heterocycles. The fourth-order valence-corrected chi connectivity index (χ4v) is 2.65. The molecule has 1 amide bonds. The van der Waals surface area contributed by atoms with Crippen LogP contribution in [0.2, 0.25) is 0 Å². The van der Waals surface area contributed by atoms with Gasteiger partial charge in [-0.2, -0.15) is 0 Å². The van der Waals surface area contributed by atoms with Crippen LogP contribution in [0.25, 0.3) is 0 Å². The minimum absolute atomic E-state index is 0.00901. The summed E-state index contributed by atoms with van der Waals surface area (Å²) in [7, 11) is 0. The molecule has 0 radical (unpaired) electrons. The quantitative estimate of drug-likeness (QED) is 0.820. The van der Waals surface area contributed by atoms with Crippen molar-refractivity contribution >= 4 is 17.3 Å². The number of nitrogens with two attached hydrogens (primary N) is 1. The number of carbonyl (C=O) groups excluding carboxylic acids is 1. The number of hydrogen-bond donors (Lipinski definition) is 2. The summed E-state index contributed by atoms with van der Waals surface area (Å²) in [4.78, 5) is 12.3. The topological polar surface area (TPSA) is 64.3 Å². The fraction of sp³-hybridized carbons (Fsp3) is 0.500. The molecule has 1 heterocycles. The molecule has 0 aromatic heterocycles. The summed E-state index contributed by atoms with van der Waals surface area (Å²) in [6, 6.07) is 1.66. The van der Waals surface area contributed by atoms with Crippen LogP contribution in [0.3, 0.4) is 0 Å². The summed E-state index contributed by atoms with van der Waals surface area (Å²) in [5.74, 6) is -2.42. The van der Waals surface area contributed by atoms with Gasteiger partial charge in [0, 0.05) is 6.07 Å². The summed E-state index contributed by atoms with van der Waals surface area (Å²) in [6.07, 6.45) is -0.305. The van der Waals surface area contributed by atoms with Gasteiger partial charge < -0.3 is 15.8 Å². The second-order valence-electron chi connectivity index (χ2n) is 5.27. The number of carbonyl (C=O) groups is 1. The molecule has 1 fully saturated rings. The summed E-state index contributed by atoms with van der Waals surface area (Å²) < 4.78 is 32.2. The van der Waals surface area contributed by atoms with E-state index in [1.54, 1.807) is 6.92 Å². The SMILES string of the molecule is CC1OC(C)C(C(=O)Nc2c(N)cc(F)cc2F)C1C. The summed E-state index contributed by atoms with van der Waals surface area (Å²) in [6.45, 7) is 5.60. The fourth-order valence-electron chi connectivity index (χ4n) is 2.65. The number of anilines is 2. The molecule has 4 nitrogen and oxygen atoms in total. The maximum atomic E-state index is 13.7. The number of hydrogen-bond acceptors (Lipinski definition) is 3. The van der Waals surface area contributed by atoms with Gasteiger partial charge in [0.1, 0.15) is 11.5 Å². The number of benzene rings is 1. The van der Waals surface area contributed by atoms with Crippen LogP contribution in [0.4, 0.5) is 20.2 Å². The highest BCUT2D eigenvalue weighted by atomic mass is 19.1. The van der Waals surface area contributed by atoms with Gasteiger partial charge in [0.15, 0.2) is 5.82 Å². The molecule has 1 aliphatic rings. The van der Waals surface area contributed by atoms with Crippen molar-refractivity contribution in [2.24, 2.45) is 11.8 Å². The Morgan fingerprint density at radius 1 is 1.25 bits per heavy atom. The molecule has 0 saturated carbocycles. The lowest BCUT2D eigenvalue weighted by Gasteiger charge is -2.19. The maximum absolute atomic E-state index is 13.7. The molecule has 0 spiro atoms. The smallest absolute Gasteiger partial charge is 0.230 e. The molecule has 0 bridgehead atoms. The van der Waals surface area contributed by atoms with Crippen LogP contribution in [-0.4, -0.2) is 18.1 Å². The lowest BCUT2D eigenvalue weighted by atomic mass is 9.89. The number of amides is 1. The first-order valence-electron chi connectivity index (χ1n) is 6.52. The number of ether oxygens (including phenoxy) is 1. The standard InChI is InChI=1S/C14H18F2N2O2/c1-6-7(2)20-8(3)12(6)14(19)18-13-10(16)4-9(15)5-11(13)17/h4-8,12H,17H2,1-3H3,(H,18,19). The van der Waals surface area contributed by atoms with Crippen LogP contribution in [0.1, 0.15) is 20.8 Å². The minimum atomic E-state index is -0.886. The highest BCUT2D eigenvalue weighted by Crippen LogP contribution is 2.34. The summed E-state index contributed by atoms with van der Waals surface area (Å²) in [5, 5.41) is 2.44. The van der Waals surface area contributed by atoms with E-state index >= 15 is 0 Å². The highest BCUT2D eigenvalue weighted by molar-refractivity contribution is 5.96. The second kappa shape index (κ2) is 5.36. The van der Waals surface area contributed by atoms with E-state index in [1.807, 2.05) is 13.8 Å². The third kappa shape index (κ3) is 2.60. The van der Waals surface area contributed by atoms with Gasteiger partial charge in [-0.25, -0.2) is 8.78 Å². The second-order valence-corrected chi connectivity index (χ2v) is 5.27. The molecule has 1 saturated heterocycles. The van der Waals surface area contributed by atoms with Gasteiger partial charge >= 0.3 is 0 Å². The Hall–Kier alpha value is -1.69. The number of rotatable bonds is 2. The molecule has 2 rings (SSSR count). The molecule has 3 N–H and O–H groups in total. The lowest BCUT2D eigenvalue weighted by molar-refractivity contribution is -0.122. The van der Waals surface area contributed by atoms with E-state index in [0.717, 1.165) is 6.07 Å². The first-order valence-corrected chi connectivity index (χ1v) is 6.52. The van der Waals surface area contributed by atoms with Crippen molar-refractivity contribution in [2.45, 2.75) is 33.0 Å². The van der Waals surface area contributed by atoms with Crippen molar-refractivity contribution in [3.8, 4) is 0 Å². The van der Waals surface area contributed by atoms with Crippen molar-refractivity contribution < 1.29 is 18.3 Å². The zero-order valence-corrected chi connectivity index (χ0v) is 11.6. The van der Waals surface area contributed by atoms with Crippen LogP contribution in [-0.2, 0) is 9.53 Å². The minimum Gasteiger partial charge on any atom is -0.397 e. The van der Waals surface area contributed by atoms with Gasteiger partial charge in [-0.15, -0.1) is 0 Å². The van der Waals surface area contributed by atoms with Gasteiger partial charge in [0.05, 0.1) is 23.8 Å². The summed E-state index contributed by atoms with van der Waals surface area (Å²) >= 11 is 0. The van der Waals surface area contributed by atoms with Crippen molar-refractivity contribution in [1.29, 1.82) is 0 Å². The van der Waals surface area contributed by atoms with Gasteiger partial charge in [-0.3, -0.25) is 4.79 Å². The maximum Gasteiger partial charge on any atom is 0.230 e. The molecule has 1 aromatic carbocycles. The average molecular weight is 284 g/mol. The molecule has 4 unspecified atom stereocenters. The van der Waals surface area contributed by atoms with Crippen molar-refractivity contribution in [1.82, 2.24) is 0 Å². The first kappa shape index (κ1) is 14.7. The normalized spacial score (nSPS) is 29.4. The molecule has 1 aromatic rings. The van der Waals surface area contributed by atoms with Crippen molar-refractivity contribution in [3.05, 3.63) is 23.8 Å². The van der Waals surface area contributed by atoms with Crippen LogP contribution in [0.15, 0.2) is 12.1 Å². The van der Waals surface area contributed by atoms with E-state index in [1.165, 1.54) is 0 Å². The average Bonchev–Trinajstić information content (AvgIpc) is 2.58. The van der Waals surface area contributed by atoms with E-state index < -0.39 is 17.6 Å². The zero-order valence-electron chi connectivity index (χ0n) is 11.6. The van der Waals surface area contributed by atoms with E-state index in [4.69, 9.17) is 10.5 Å². The number of halogens is 2. The predicted octanol–water partition coefficient (Wildman–Crippen LogP) is 2.55. The van der Waals surface area contributed by atoms with Crippen LogP contribution in [0, 0.1) is 23.5 Å². The molecular weight excluding hydrogens is 266 g/mol. The molecule has 0 aliphatic carbocycles. The lowest BCUT2D eigenvalue weighted by Crippen LogP contribution is -2.32. The Kier molecular flexibility index (Phi) is 3.94. The van der Waals surface area contributed by atoms with Gasteiger partial charge in [0.25, 0.3) is 0 Å². The molecular formula is C14H18F2N2O2. The zero-order chi connectivity index (χ0) is 15.0. The largest absolute Gasteiger partial charge is 0.397 e. The highest BCUT2D eigenvalue weighted by Gasteiger charge is 2.41. The van der Waals surface area contributed by atoms with E-state index in [-0.39, 0.29) is 35.4 Å². The van der Waals surface area contributed by atoms with Gasteiger partial charge in [-0.05, 0) is 25.8 Å². The third-order valence-electron chi connectivity index (χ3n) is 3.88. The van der Waals surface area contributed by atoms with Crippen LogP contribution < -0.4 is 11.1 Å². The van der Waals surface area contributed by atoms with E-state index in [2.05, 4.69) is 5.32 Å². The van der Waals surface area contributed by atoms with Crippen LogP contribution in [0.5, 0.6) is 0 Å². The molecule has 6 heteroatoms. The molecule has 20 heavy (non-hydrogen) atoms. The molecule has 4 atom stereocenters. The summed E-state index contributed by atoms with van der Waals surface area (Å²) in [5.41, 5.74) is 5.22. The Balaban J connectivity index is 2.21. The van der Waals surface area contributed by atoms with Gasteiger partial charge in [-0.1, -0.05) is 6.92 Å². The number of nitrogen functional groups attached to an aromatic ring is 1. The van der Waals surface area contributed by atoms with Crippen LogP contribution >= 0.6 is 0 Å². The first-order chi connectivity index (χ1) is 9.31. The Labute approximate surface area is 116 Å². The number of nitrogens with one attached hydrogen (secondary N) is 1. The predicted molar refractivity (Wildman–Crippen MR) is 72.1 cm³/mol. The van der Waals surface area contributed by atoms with E-state index in [9.17, 15) is 13.6 Å². The Morgan fingerprint density at radius 3 is 2.40 bits per heavy atom. The molecule has 110 valence electrons.